The van der Waals surface area contributed by atoms with Crippen molar-refractivity contribution in [2.75, 3.05) is 20.2 Å². The summed E-state index contributed by atoms with van der Waals surface area (Å²) in [7, 11) is 1.63. The lowest BCUT2D eigenvalue weighted by molar-refractivity contribution is 0.0705. The Morgan fingerprint density at radius 3 is 2.95 bits per heavy atom. The molecule has 0 radical (unpaired) electrons. The number of benzene rings is 1. The highest BCUT2D eigenvalue weighted by atomic mass is 16.5. The summed E-state index contributed by atoms with van der Waals surface area (Å²) in [6.07, 6.45) is 3.88. The number of rotatable bonds is 3. The minimum absolute atomic E-state index is 0.101. The summed E-state index contributed by atoms with van der Waals surface area (Å²) in [6, 6.07) is 7.60. The van der Waals surface area contributed by atoms with Gasteiger partial charge in [-0.15, -0.1) is 0 Å². The number of piperidine rings is 1. The van der Waals surface area contributed by atoms with E-state index in [2.05, 4.69) is 10.2 Å². The maximum absolute atomic E-state index is 12.8. The Kier molecular flexibility index (Phi) is 4.13. The smallest absolute Gasteiger partial charge is 0.254 e. The molecule has 22 heavy (non-hydrogen) atoms. The largest absolute Gasteiger partial charge is 0.497 e. The van der Waals surface area contributed by atoms with Crippen LogP contribution in [-0.2, 0) is 0 Å². The first-order valence-electron chi connectivity index (χ1n) is 7.62. The van der Waals surface area contributed by atoms with Crippen LogP contribution < -0.4 is 4.74 Å². The zero-order chi connectivity index (χ0) is 15.5. The Labute approximate surface area is 130 Å². The number of hydrogen-bond donors (Lipinski definition) is 1. The third-order valence-corrected chi connectivity index (χ3v) is 4.33. The number of ether oxygens (including phenoxy) is 1. The van der Waals surface area contributed by atoms with Gasteiger partial charge >= 0.3 is 0 Å². The van der Waals surface area contributed by atoms with Gasteiger partial charge in [0.15, 0.2) is 0 Å². The van der Waals surface area contributed by atoms with Crippen LogP contribution in [0.5, 0.6) is 5.75 Å². The number of hydrogen-bond acceptors (Lipinski definition) is 3. The molecule has 0 aliphatic carbocycles. The summed E-state index contributed by atoms with van der Waals surface area (Å²) in [6.45, 7) is 3.51. The number of amides is 1. The van der Waals surface area contributed by atoms with Crippen LogP contribution in [0.2, 0.25) is 0 Å². The summed E-state index contributed by atoms with van der Waals surface area (Å²) >= 11 is 0. The van der Waals surface area contributed by atoms with Crippen LogP contribution >= 0.6 is 0 Å². The minimum atomic E-state index is 0.101. The third-order valence-electron chi connectivity index (χ3n) is 4.33. The van der Waals surface area contributed by atoms with E-state index in [0.29, 0.717) is 5.92 Å². The fourth-order valence-electron chi connectivity index (χ4n) is 3.08. The van der Waals surface area contributed by atoms with E-state index < -0.39 is 0 Å². The van der Waals surface area contributed by atoms with E-state index in [1.807, 2.05) is 36.1 Å². The number of carbonyl (C=O) groups is 1. The van der Waals surface area contributed by atoms with Gasteiger partial charge in [0.25, 0.3) is 5.91 Å². The average Bonchev–Trinajstić information content (AvgIpc) is 3.09. The van der Waals surface area contributed by atoms with E-state index in [4.69, 9.17) is 4.74 Å². The van der Waals surface area contributed by atoms with Crippen LogP contribution in [0.25, 0.3) is 0 Å². The molecule has 1 atom stereocenters. The third kappa shape index (κ3) is 2.84. The highest BCUT2D eigenvalue weighted by molar-refractivity contribution is 5.96. The first kappa shape index (κ1) is 14.6. The number of aryl methyl sites for hydroxylation is 1. The highest BCUT2D eigenvalue weighted by Crippen LogP contribution is 2.27. The fourth-order valence-corrected chi connectivity index (χ4v) is 3.08. The van der Waals surface area contributed by atoms with Crippen molar-refractivity contribution in [3.63, 3.8) is 0 Å². The van der Waals surface area contributed by atoms with Crippen LogP contribution in [0, 0.1) is 6.92 Å². The molecule has 0 saturated carbocycles. The zero-order valence-electron chi connectivity index (χ0n) is 13.0. The van der Waals surface area contributed by atoms with Gasteiger partial charge in [-0.2, -0.15) is 5.10 Å². The molecule has 1 saturated heterocycles. The predicted molar refractivity (Wildman–Crippen MR) is 84.2 cm³/mol. The van der Waals surface area contributed by atoms with Crippen molar-refractivity contribution in [3.8, 4) is 5.75 Å². The molecule has 1 aromatic carbocycles. The quantitative estimate of drug-likeness (QED) is 0.948. The summed E-state index contributed by atoms with van der Waals surface area (Å²) in [4.78, 5) is 14.7. The molecule has 1 aliphatic rings. The van der Waals surface area contributed by atoms with Crippen LogP contribution in [0.4, 0.5) is 0 Å². The van der Waals surface area contributed by atoms with Gasteiger partial charge in [-0.25, -0.2) is 0 Å². The molecule has 1 aromatic heterocycles. The molecule has 5 heteroatoms. The first-order chi connectivity index (χ1) is 10.7. The molecule has 1 N–H and O–H groups in total. The van der Waals surface area contributed by atoms with Gasteiger partial charge in [-0.3, -0.25) is 9.89 Å². The second-order valence-corrected chi connectivity index (χ2v) is 5.78. The second kappa shape index (κ2) is 6.22. The monoisotopic (exact) mass is 299 g/mol. The molecule has 1 fully saturated rings. The highest BCUT2D eigenvalue weighted by Gasteiger charge is 2.26. The molecule has 5 nitrogen and oxygen atoms in total. The van der Waals surface area contributed by atoms with Gasteiger partial charge in [-0.1, -0.05) is 0 Å². The topological polar surface area (TPSA) is 58.2 Å². The number of aromatic amines is 1. The van der Waals surface area contributed by atoms with Crippen molar-refractivity contribution in [1.82, 2.24) is 15.1 Å². The van der Waals surface area contributed by atoms with Gasteiger partial charge < -0.3 is 9.64 Å². The first-order valence-corrected chi connectivity index (χ1v) is 7.62. The lowest BCUT2D eigenvalue weighted by Gasteiger charge is -2.32. The number of carbonyl (C=O) groups excluding carboxylic acids is 1. The molecule has 3 rings (SSSR count). The standard InChI is InChI=1S/C17H21N3O2/c1-12-10-14(22-2)5-6-15(12)17(21)20-9-3-4-13(11-20)16-7-8-18-19-16/h5-8,10,13H,3-4,9,11H2,1-2H3,(H,18,19)/t13-/m1/s1. The summed E-state index contributed by atoms with van der Waals surface area (Å²) in [5.74, 6) is 1.23. The van der Waals surface area contributed by atoms with Crippen molar-refractivity contribution in [2.45, 2.75) is 25.7 Å². The molecule has 0 spiro atoms. The maximum Gasteiger partial charge on any atom is 0.254 e. The van der Waals surface area contributed by atoms with Crippen molar-refractivity contribution in [2.24, 2.45) is 0 Å². The number of likely N-dealkylation sites (tertiary alicyclic amines) is 1. The summed E-state index contributed by atoms with van der Waals surface area (Å²) in [5.41, 5.74) is 2.82. The Morgan fingerprint density at radius 1 is 1.41 bits per heavy atom. The van der Waals surface area contributed by atoms with Crippen molar-refractivity contribution in [3.05, 3.63) is 47.3 Å². The van der Waals surface area contributed by atoms with E-state index >= 15 is 0 Å². The number of H-pyrrole nitrogens is 1. The number of aromatic nitrogens is 2. The lowest BCUT2D eigenvalue weighted by atomic mass is 9.94. The van der Waals surface area contributed by atoms with Gasteiger partial charge in [0.1, 0.15) is 5.75 Å². The van der Waals surface area contributed by atoms with Crippen LogP contribution in [0.15, 0.2) is 30.5 Å². The minimum Gasteiger partial charge on any atom is -0.497 e. The van der Waals surface area contributed by atoms with E-state index in [-0.39, 0.29) is 5.91 Å². The molecule has 2 aromatic rings. The molecule has 0 unspecified atom stereocenters. The van der Waals surface area contributed by atoms with E-state index in [0.717, 1.165) is 48.5 Å². The van der Waals surface area contributed by atoms with Crippen molar-refractivity contribution >= 4 is 5.91 Å². The van der Waals surface area contributed by atoms with E-state index in [1.165, 1.54) is 0 Å². The normalized spacial score (nSPS) is 18.3. The van der Waals surface area contributed by atoms with Gasteiger partial charge in [0, 0.05) is 36.5 Å². The van der Waals surface area contributed by atoms with Crippen LogP contribution in [-0.4, -0.2) is 41.2 Å². The molecule has 0 bridgehead atoms. The number of nitrogens with zero attached hydrogens (tertiary/aromatic N) is 2. The molecular weight excluding hydrogens is 278 g/mol. The van der Waals surface area contributed by atoms with E-state index in [9.17, 15) is 4.79 Å². The number of nitrogens with one attached hydrogen (secondary N) is 1. The van der Waals surface area contributed by atoms with Crippen LogP contribution in [0.1, 0.15) is 40.4 Å². The summed E-state index contributed by atoms with van der Waals surface area (Å²) < 4.78 is 5.21. The molecular formula is C17H21N3O2. The molecule has 1 aliphatic heterocycles. The average molecular weight is 299 g/mol. The van der Waals surface area contributed by atoms with E-state index in [1.54, 1.807) is 13.3 Å². The van der Waals surface area contributed by atoms with Gasteiger partial charge in [0.2, 0.25) is 0 Å². The Morgan fingerprint density at radius 2 is 2.27 bits per heavy atom. The lowest BCUT2D eigenvalue weighted by Crippen LogP contribution is -2.39. The maximum atomic E-state index is 12.8. The van der Waals surface area contributed by atoms with Crippen LogP contribution in [0.3, 0.4) is 0 Å². The molecule has 1 amide bonds. The van der Waals surface area contributed by atoms with Crippen molar-refractivity contribution < 1.29 is 9.53 Å². The Bertz CT molecular complexity index is 652. The second-order valence-electron chi connectivity index (χ2n) is 5.78. The SMILES string of the molecule is COc1ccc(C(=O)N2CCC[C@@H](c3ccn[nH]3)C2)c(C)c1. The number of methoxy groups -OCH3 is 1. The summed E-state index contributed by atoms with van der Waals surface area (Å²) in [5, 5.41) is 7.04. The Balaban J connectivity index is 1.77. The van der Waals surface area contributed by atoms with Gasteiger partial charge in [-0.05, 0) is 49.6 Å². The predicted octanol–water partition coefficient (Wildman–Crippen LogP) is 2.75. The molecule has 2 heterocycles. The van der Waals surface area contributed by atoms with Crippen molar-refractivity contribution in [1.29, 1.82) is 0 Å². The fraction of sp³-hybridized carbons (Fsp3) is 0.412. The molecule has 116 valence electrons. The zero-order valence-corrected chi connectivity index (χ0v) is 13.0. The van der Waals surface area contributed by atoms with Gasteiger partial charge in [0.05, 0.1) is 7.11 Å². The Hall–Kier alpha value is -2.30.